The maximum absolute atomic E-state index is 10.4. The molecular weight excluding hydrogens is 611 g/mol. The lowest BCUT2D eigenvalue weighted by Crippen LogP contribution is -2.02. The van der Waals surface area contributed by atoms with E-state index >= 15 is 0 Å². The number of hydrogen-bond acceptors (Lipinski definition) is 3. The third-order valence-corrected chi connectivity index (χ3v) is 9.63. The van der Waals surface area contributed by atoms with Crippen LogP contribution in [0.1, 0.15) is 16.7 Å². The molecule has 0 bridgehead atoms. The summed E-state index contributed by atoms with van der Waals surface area (Å²) in [6, 6.07) is 57.9. The molecule has 0 atom stereocenters. The summed E-state index contributed by atoms with van der Waals surface area (Å²) in [5.41, 5.74) is 11.1. The largest absolute Gasteiger partial charge is 0.309 e. The van der Waals surface area contributed by atoms with Crippen LogP contribution in [-0.4, -0.2) is 9.13 Å². The molecule has 0 aliphatic rings. The standard InChI is InChI=1S/C45H25N5/c46-26-29-18-23-43-40(24-29)39-15-7-10-34(28-48)45(39)50(43)44-33(27-47)9-6-14-36(44)31-21-19-30(20-22-31)32-8-5-11-35(25-32)49-41-16-3-1-12-37(41)38-13-2-4-17-42(38)49/h1-25H. The van der Waals surface area contributed by atoms with Crippen molar-refractivity contribution in [3.63, 3.8) is 0 Å². The van der Waals surface area contributed by atoms with E-state index in [0.717, 1.165) is 44.2 Å². The molecule has 230 valence electrons. The van der Waals surface area contributed by atoms with Gasteiger partial charge in [-0.25, -0.2) is 0 Å². The summed E-state index contributed by atoms with van der Waals surface area (Å²) >= 11 is 0. The fourth-order valence-corrected chi connectivity index (χ4v) is 7.44. The van der Waals surface area contributed by atoms with Crippen LogP contribution in [0.25, 0.3) is 77.2 Å². The van der Waals surface area contributed by atoms with E-state index in [2.05, 4.69) is 120 Å². The Morgan fingerprint density at radius 3 is 1.74 bits per heavy atom. The predicted molar refractivity (Wildman–Crippen MR) is 200 cm³/mol. The number of benzene rings is 7. The summed E-state index contributed by atoms with van der Waals surface area (Å²) in [7, 11) is 0. The molecule has 0 N–H and O–H groups in total. The number of nitriles is 3. The molecular formula is C45H25N5. The fourth-order valence-electron chi connectivity index (χ4n) is 7.44. The Morgan fingerprint density at radius 1 is 0.400 bits per heavy atom. The lowest BCUT2D eigenvalue weighted by atomic mass is 9.97. The molecule has 50 heavy (non-hydrogen) atoms. The van der Waals surface area contributed by atoms with Crippen molar-refractivity contribution in [1.82, 2.24) is 9.13 Å². The van der Waals surface area contributed by atoms with Crippen LogP contribution < -0.4 is 0 Å². The number of para-hydroxylation sites is 4. The van der Waals surface area contributed by atoms with Gasteiger partial charge in [0.15, 0.2) is 0 Å². The minimum absolute atomic E-state index is 0.487. The van der Waals surface area contributed by atoms with Crippen molar-refractivity contribution in [2.75, 3.05) is 0 Å². The van der Waals surface area contributed by atoms with Crippen LogP contribution in [0.5, 0.6) is 0 Å². The molecule has 0 unspecified atom stereocenters. The number of nitrogens with zero attached hydrogens (tertiary/aromatic N) is 5. The van der Waals surface area contributed by atoms with Gasteiger partial charge in [0.05, 0.1) is 50.5 Å². The van der Waals surface area contributed by atoms with Crippen LogP contribution in [0.15, 0.2) is 152 Å². The van der Waals surface area contributed by atoms with E-state index < -0.39 is 0 Å². The van der Waals surface area contributed by atoms with Gasteiger partial charge < -0.3 is 9.13 Å². The minimum Gasteiger partial charge on any atom is -0.309 e. The number of hydrogen-bond donors (Lipinski definition) is 0. The van der Waals surface area contributed by atoms with Crippen LogP contribution in [0.3, 0.4) is 0 Å². The van der Waals surface area contributed by atoms with Crippen LogP contribution in [0, 0.1) is 34.0 Å². The van der Waals surface area contributed by atoms with E-state index in [4.69, 9.17) is 0 Å². The zero-order valence-corrected chi connectivity index (χ0v) is 26.7. The Bertz CT molecular complexity index is 2900. The molecule has 5 heteroatoms. The third-order valence-electron chi connectivity index (χ3n) is 9.63. The van der Waals surface area contributed by atoms with Crippen molar-refractivity contribution in [1.29, 1.82) is 15.8 Å². The van der Waals surface area contributed by atoms with Gasteiger partial charge in [-0.15, -0.1) is 0 Å². The second kappa shape index (κ2) is 11.4. The van der Waals surface area contributed by atoms with Crippen molar-refractivity contribution < 1.29 is 0 Å². The molecule has 5 nitrogen and oxygen atoms in total. The van der Waals surface area contributed by atoms with E-state index in [-0.39, 0.29) is 0 Å². The van der Waals surface area contributed by atoms with Gasteiger partial charge in [0, 0.05) is 32.8 Å². The smallest absolute Gasteiger partial charge is 0.101 e. The number of fused-ring (bicyclic) bond motifs is 6. The lowest BCUT2D eigenvalue weighted by molar-refractivity contribution is 1.16. The summed E-state index contributed by atoms with van der Waals surface area (Å²) < 4.78 is 4.34. The third kappa shape index (κ3) is 4.31. The molecule has 0 spiro atoms. The van der Waals surface area contributed by atoms with Crippen molar-refractivity contribution >= 4 is 43.6 Å². The Labute approximate surface area is 287 Å². The maximum atomic E-state index is 10.4. The Morgan fingerprint density at radius 2 is 1.02 bits per heavy atom. The zero-order valence-electron chi connectivity index (χ0n) is 26.7. The molecule has 0 radical (unpaired) electrons. The van der Waals surface area contributed by atoms with E-state index in [0.29, 0.717) is 27.9 Å². The Hall–Kier alpha value is -7.39. The first-order valence-electron chi connectivity index (χ1n) is 16.3. The monoisotopic (exact) mass is 635 g/mol. The quantitative estimate of drug-likeness (QED) is 0.193. The van der Waals surface area contributed by atoms with Crippen LogP contribution in [-0.2, 0) is 0 Å². The highest BCUT2D eigenvalue weighted by molar-refractivity contribution is 6.12. The highest BCUT2D eigenvalue weighted by Gasteiger charge is 2.21. The lowest BCUT2D eigenvalue weighted by Gasteiger charge is -2.17. The molecule has 0 saturated heterocycles. The second-order valence-electron chi connectivity index (χ2n) is 12.3. The molecule has 9 rings (SSSR count). The topological polar surface area (TPSA) is 81.2 Å². The highest BCUT2D eigenvalue weighted by atomic mass is 15.0. The van der Waals surface area contributed by atoms with Gasteiger partial charge in [0.2, 0.25) is 0 Å². The average molecular weight is 636 g/mol. The predicted octanol–water partition coefficient (Wildman–Crippen LogP) is 10.8. The number of aromatic nitrogens is 2. The summed E-state index contributed by atoms with van der Waals surface area (Å²) in [4.78, 5) is 0. The normalized spacial score (nSPS) is 11.1. The molecule has 2 aromatic heterocycles. The molecule has 7 aromatic carbocycles. The zero-order chi connectivity index (χ0) is 33.8. The van der Waals surface area contributed by atoms with Gasteiger partial charge in [-0.2, -0.15) is 15.8 Å². The summed E-state index contributed by atoms with van der Waals surface area (Å²) in [6.07, 6.45) is 0. The van der Waals surface area contributed by atoms with Crippen molar-refractivity contribution in [3.05, 3.63) is 168 Å². The van der Waals surface area contributed by atoms with E-state index in [1.54, 1.807) is 12.1 Å². The van der Waals surface area contributed by atoms with E-state index in [1.165, 1.54) is 21.8 Å². The first kappa shape index (κ1) is 28.8. The van der Waals surface area contributed by atoms with E-state index in [9.17, 15) is 15.8 Å². The Balaban J connectivity index is 1.20. The van der Waals surface area contributed by atoms with Crippen LogP contribution in [0.2, 0.25) is 0 Å². The molecule has 0 aliphatic heterocycles. The first-order chi connectivity index (χ1) is 24.7. The van der Waals surface area contributed by atoms with Gasteiger partial charge in [-0.1, -0.05) is 97.1 Å². The second-order valence-corrected chi connectivity index (χ2v) is 12.3. The van der Waals surface area contributed by atoms with E-state index in [1.807, 2.05) is 47.0 Å². The van der Waals surface area contributed by atoms with Crippen molar-refractivity contribution in [2.24, 2.45) is 0 Å². The minimum atomic E-state index is 0.487. The molecule has 2 heterocycles. The van der Waals surface area contributed by atoms with Crippen molar-refractivity contribution in [2.45, 2.75) is 0 Å². The SMILES string of the molecule is N#Cc1ccc2c(c1)c1cccc(C#N)c1n2-c1c(C#N)cccc1-c1ccc(-c2cccc(-n3c4ccccc4c4ccccc43)c2)cc1. The van der Waals surface area contributed by atoms with Gasteiger partial charge >= 0.3 is 0 Å². The fraction of sp³-hybridized carbons (Fsp3) is 0. The molecule has 9 aromatic rings. The summed E-state index contributed by atoms with van der Waals surface area (Å²) in [5.74, 6) is 0. The molecule has 0 fully saturated rings. The van der Waals surface area contributed by atoms with Gasteiger partial charge in [0.25, 0.3) is 0 Å². The molecule has 0 aliphatic carbocycles. The molecule has 0 saturated carbocycles. The maximum Gasteiger partial charge on any atom is 0.101 e. The van der Waals surface area contributed by atoms with Crippen LogP contribution in [0.4, 0.5) is 0 Å². The average Bonchev–Trinajstić information content (AvgIpc) is 3.70. The molecule has 0 amide bonds. The van der Waals surface area contributed by atoms with Gasteiger partial charge in [-0.3, -0.25) is 0 Å². The van der Waals surface area contributed by atoms with Crippen molar-refractivity contribution in [3.8, 4) is 51.8 Å². The highest BCUT2D eigenvalue weighted by Crippen LogP contribution is 2.40. The first-order valence-corrected chi connectivity index (χ1v) is 16.3. The van der Waals surface area contributed by atoms with Gasteiger partial charge in [-0.05, 0) is 71.3 Å². The van der Waals surface area contributed by atoms with Crippen LogP contribution >= 0.6 is 0 Å². The summed E-state index contributed by atoms with van der Waals surface area (Å²) in [6.45, 7) is 0. The Kier molecular flexibility index (Phi) is 6.56. The number of rotatable bonds is 4. The summed E-state index contributed by atoms with van der Waals surface area (Å²) in [5, 5.41) is 34.4. The van der Waals surface area contributed by atoms with Gasteiger partial charge in [0.1, 0.15) is 12.1 Å².